The van der Waals surface area contributed by atoms with Gasteiger partial charge >= 0.3 is 6.36 Å². The number of halogens is 3. The second-order valence-electron chi connectivity index (χ2n) is 7.42. The van der Waals surface area contributed by atoms with Crippen LogP contribution in [0.1, 0.15) is 25.3 Å². The van der Waals surface area contributed by atoms with Crippen LogP contribution in [0, 0.1) is 0 Å². The number of hydrogen-bond donors (Lipinski definition) is 2. The van der Waals surface area contributed by atoms with Crippen LogP contribution in [0.5, 0.6) is 11.5 Å². The zero-order valence-electron chi connectivity index (χ0n) is 17.6. The number of benzene rings is 2. The van der Waals surface area contributed by atoms with Crippen molar-refractivity contribution in [2.75, 3.05) is 13.2 Å². The van der Waals surface area contributed by atoms with Crippen molar-refractivity contribution in [1.29, 1.82) is 0 Å². The zero-order chi connectivity index (χ0) is 22.7. The number of aromatic amines is 1. The average Bonchev–Trinajstić information content (AvgIpc) is 3.11. The molecule has 2 aromatic carbocycles. The fourth-order valence-corrected chi connectivity index (χ4v) is 4.00. The van der Waals surface area contributed by atoms with Gasteiger partial charge in [-0.05, 0) is 74.7 Å². The standard InChI is InChI=1S/C24H24F3N3O2/c1-2-31-21-11-9-18(16-7-5-13-29-23(16)21)22-17(6-3-4-12-28)19-14-15(32-24(25,26)27)8-10-20(19)30-22/h5,7-11,13-14,30H,2-4,6,12,28H2,1H3. The lowest BCUT2D eigenvalue weighted by atomic mass is 9.97. The van der Waals surface area contributed by atoms with Crippen molar-refractivity contribution in [1.82, 2.24) is 9.97 Å². The van der Waals surface area contributed by atoms with Gasteiger partial charge in [0.15, 0.2) is 0 Å². The average molecular weight is 443 g/mol. The Hall–Kier alpha value is -3.26. The third-order valence-corrected chi connectivity index (χ3v) is 5.29. The number of pyridine rings is 1. The summed E-state index contributed by atoms with van der Waals surface area (Å²) in [6, 6.07) is 12.0. The molecular weight excluding hydrogens is 419 g/mol. The van der Waals surface area contributed by atoms with E-state index in [0.29, 0.717) is 30.7 Å². The fraction of sp³-hybridized carbons (Fsp3) is 0.292. The smallest absolute Gasteiger partial charge is 0.492 e. The molecule has 32 heavy (non-hydrogen) atoms. The van der Waals surface area contributed by atoms with E-state index in [4.69, 9.17) is 10.5 Å². The summed E-state index contributed by atoms with van der Waals surface area (Å²) in [5.74, 6) is 0.447. The summed E-state index contributed by atoms with van der Waals surface area (Å²) in [4.78, 5) is 7.90. The van der Waals surface area contributed by atoms with Gasteiger partial charge in [0.1, 0.15) is 17.0 Å². The van der Waals surface area contributed by atoms with Crippen LogP contribution in [0.15, 0.2) is 48.7 Å². The van der Waals surface area contributed by atoms with Crippen molar-refractivity contribution in [2.45, 2.75) is 32.5 Å². The summed E-state index contributed by atoms with van der Waals surface area (Å²) in [6.07, 6.45) is -0.742. The lowest BCUT2D eigenvalue weighted by Crippen LogP contribution is -2.16. The summed E-state index contributed by atoms with van der Waals surface area (Å²) in [5.41, 5.74) is 9.83. The number of unbranched alkanes of at least 4 members (excludes halogenated alkanes) is 1. The van der Waals surface area contributed by atoms with Gasteiger partial charge in [-0.1, -0.05) is 6.07 Å². The third-order valence-electron chi connectivity index (χ3n) is 5.29. The highest BCUT2D eigenvalue weighted by atomic mass is 19.4. The predicted octanol–water partition coefficient (Wildman–Crippen LogP) is 5.96. The molecule has 0 saturated carbocycles. The molecule has 2 heterocycles. The van der Waals surface area contributed by atoms with E-state index in [9.17, 15) is 13.2 Å². The van der Waals surface area contributed by atoms with Crippen molar-refractivity contribution in [3.63, 3.8) is 0 Å². The van der Waals surface area contributed by atoms with Gasteiger partial charge in [-0.25, -0.2) is 0 Å². The molecule has 8 heteroatoms. The van der Waals surface area contributed by atoms with Crippen LogP contribution >= 0.6 is 0 Å². The van der Waals surface area contributed by atoms with Gasteiger partial charge in [-0.15, -0.1) is 13.2 Å². The number of ether oxygens (including phenoxy) is 2. The summed E-state index contributed by atoms with van der Waals surface area (Å²) < 4.78 is 48.2. The van der Waals surface area contributed by atoms with Crippen LogP contribution in [0.25, 0.3) is 33.1 Å². The maximum atomic E-state index is 12.8. The first-order valence-electron chi connectivity index (χ1n) is 10.5. The summed E-state index contributed by atoms with van der Waals surface area (Å²) in [5, 5.41) is 1.60. The maximum absolute atomic E-state index is 12.8. The topological polar surface area (TPSA) is 73.2 Å². The highest BCUT2D eigenvalue weighted by molar-refractivity contribution is 6.01. The normalized spacial score (nSPS) is 11.9. The van der Waals surface area contributed by atoms with Crippen LogP contribution in [-0.4, -0.2) is 29.5 Å². The van der Waals surface area contributed by atoms with Gasteiger partial charge in [0.25, 0.3) is 0 Å². The second-order valence-corrected chi connectivity index (χ2v) is 7.42. The highest BCUT2D eigenvalue weighted by Gasteiger charge is 2.31. The van der Waals surface area contributed by atoms with E-state index in [1.54, 1.807) is 12.3 Å². The number of aromatic nitrogens is 2. The number of fused-ring (bicyclic) bond motifs is 2. The molecular formula is C24H24F3N3O2. The quantitative estimate of drug-likeness (QED) is 0.330. The van der Waals surface area contributed by atoms with Crippen molar-refractivity contribution in [3.05, 3.63) is 54.2 Å². The Morgan fingerprint density at radius 1 is 1.06 bits per heavy atom. The van der Waals surface area contributed by atoms with Gasteiger partial charge in [-0.3, -0.25) is 4.98 Å². The van der Waals surface area contributed by atoms with Crippen LogP contribution in [0.4, 0.5) is 13.2 Å². The van der Waals surface area contributed by atoms with E-state index in [-0.39, 0.29) is 5.75 Å². The van der Waals surface area contributed by atoms with E-state index < -0.39 is 6.36 Å². The lowest BCUT2D eigenvalue weighted by Gasteiger charge is -2.12. The number of rotatable bonds is 8. The Labute approximate surface area is 183 Å². The van der Waals surface area contributed by atoms with Gasteiger partial charge in [0.2, 0.25) is 0 Å². The number of nitrogens with one attached hydrogen (secondary N) is 1. The molecule has 0 aliphatic carbocycles. The molecule has 3 N–H and O–H groups in total. The Balaban J connectivity index is 1.90. The van der Waals surface area contributed by atoms with Gasteiger partial charge in [0.05, 0.1) is 12.3 Å². The van der Waals surface area contributed by atoms with E-state index in [2.05, 4.69) is 14.7 Å². The Morgan fingerprint density at radius 2 is 1.91 bits per heavy atom. The van der Waals surface area contributed by atoms with E-state index in [1.807, 2.05) is 31.2 Å². The van der Waals surface area contributed by atoms with Crippen LogP contribution in [-0.2, 0) is 6.42 Å². The minimum atomic E-state index is -4.75. The monoisotopic (exact) mass is 443 g/mol. The SMILES string of the molecule is CCOc1ccc(-c2[nH]c3ccc(OC(F)(F)F)cc3c2CCCCN)c2cccnc12. The molecule has 0 atom stereocenters. The largest absolute Gasteiger partial charge is 0.573 e. The predicted molar refractivity (Wildman–Crippen MR) is 119 cm³/mol. The number of nitrogens with two attached hydrogens (primary N) is 1. The molecule has 0 radical (unpaired) electrons. The van der Waals surface area contributed by atoms with Crippen molar-refractivity contribution in [3.8, 4) is 22.8 Å². The van der Waals surface area contributed by atoms with E-state index in [0.717, 1.165) is 46.1 Å². The first-order chi connectivity index (χ1) is 15.4. The van der Waals surface area contributed by atoms with Crippen LogP contribution < -0.4 is 15.2 Å². The molecule has 4 aromatic rings. The first kappa shape index (κ1) is 22.0. The van der Waals surface area contributed by atoms with E-state index in [1.165, 1.54) is 12.1 Å². The number of H-pyrrole nitrogens is 1. The molecule has 168 valence electrons. The summed E-state index contributed by atoms with van der Waals surface area (Å²) in [7, 11) is 0. The van der Waals surface area contributed by atoms with E-state index >= 15 is 0 Å². The molecule has 5 nitrogen and oxygen atoms in total. The third kappa shape index (κ3) is 4.50. The minimum Gasteiger partial charge on any atom is -0.492 e. The van der Waals surface area contributed by atoms with Crippen molar-refractivity contribution >= 4 is 21.8 Å². The molecule has 0 spiro atoms. The Bertz CT molecular complexity index is 1230. The molecule has 0 aliphatic heterocycles. The number of nitrogens with zero attached hydrogens (tertiary/aromatic N) is 1. The molecule has 0 aliphatic rings. The summed E-state index contributed by atoms with van der Waals surface area (Å²) >= 11 is 0. The number of alkyl halides is 3. The van der Waals surface area contributed by atoms with Crippen LogP contribution in [0.3, 0.4) is 0 Å². The molecule has 4 rings (SSSR count). The van der Waals surface area contributed by atoms with Crippen molar-refractivity contribution < 1.29 is 22.6 Å². The van der Waals surface area contributed by atoms with Gasteiger partial charge in [-0.2, -0.15) is 0 Å². The molecule has 0 bridgehead atoms. The summed E-state index contributed by atoms with van der Waals surface area (Å²) in [6.45, 7) is 2.98. The fourth-order valence-electron chi connectivity index (χ4n) is 4.00. The Morgan fingerprint density at radius 3 is 2.66 bits per heavy atom. The molecule has 2 aromatic heterocycles. The Kier molecular flexibility index (Phi) is 6.23. The number of hydrogen-bond acceptors (Lipinski definition) is 4. The second kappa shape index (κ2) is 9.08. The van der Waals surface area contributed by atoms with Gasteiger partial charge < -0.3 is 20.2 Å². The van der Waals surface area contributed by atoms with Gasteiger partial charge in [0, 0.05) is 28.0 Å². The molecule has 0 saturated heterocycles. The molecule has 0 amide bonds. The number of aryl methyl sites for hydroxylation is 1. The molecule has 0 unspecified atom stereocenters. The lowest BCUT2D eigenvalue weighted by molar-refractivity contribution is -0.274. The first-order valence-corrected chi connectivity index (χ1v) is 10.5. The van der Waals surface area contributed by atoms with Crippen molar-refractivity contribution in [2.24, 2.45) is 5.73 Å². The highest BCUT2D eigenvalue weighted by Crippen LogP contribution is 2.39. The minimum absolute atomic E-state index is 0.242. The van der Waals surface area contributed by atoms with Crippen LogP contribution in [0.2, 0.25) is 0 Å². The molecule has 0 fully saturated rings. The zero-order valence-corrected chi connectivity index (χ0v) is 17.6. The maximum Gasteiger partial charge on any atom is 0.573 e.